The van der Waals surface area contributed by atoms with Gasteiger partial charge in [0.05, 0.1) is 16.1 Å². The Bertz CT molecular complexity index is 758. The van der Waals surface area contributed by atoms with Crippen molar-refractivity contribution in [1.82, 2.24) is 0 Å². The van der Waals surface area contributed by atoms with E-state index in [1.54, 1.807) is 0 Å². The minimum absolute atomic E-state index is 0.0794. The van der Waals surface area contributed by atoms with Crippen LogP contribution in [-0.2, 0) is 10.0 Å². The number of nitrogens with one attached hydrogen (secondary N) is 1. The summed E-state index contributed by atoms with van der Waals surface area (Å²) in [7, 11) is -4.05. The number of carbonyl (C=O) groups is 1. The molecule has 0 unspecified atom stereocenters. The molecule has 7 heteroatoms. The lowest BCUT2D eigenvalue weighted by Crippen LogP contribution is -2.15. The molecule has 0 spiro atoms. The Kier molecular flexibility index (Phi) is 3.71. The van der Waals surface area contributed by atoms with Crippen molar-refractivity contribution >= 4 is 21.7 Å². The van der Waals surface area contributed by atoms with Gasteiger partial charge in [-0.05, 0) is 30.3 Å². The number of hydrogen-bond donors (Lipinski definition) is 2. The third kappa shape index (κ3) is 2.94. The van der Waals surface area contributed by atoms with Crippen molar-refractivity contribution in [2.75, 3.05) is 4.72 Å². The van der Waals surface area contributed by atoms with Gasteiger partial charge in [-0.2, -0.15) is 0 Å². The number of carboxylic acid groups (broad SMARTS) is 1. The molecule has 0 radical (unpaired) electrons. The van der Waals surface area contributed by atoms with E-state index in [9.17, 15) is 17.6 Å². The fourth-order valence-electron chi connectivity index (χ4n) is 1.60. The van der Waals surface area contributed by atoms with Crippen LogP contribution in [0.1, 0.15) is 10.4 Å². The van der Waals surface area contributed by atoms with Crippen LogP contribution >= 0.6 is 0 Å². The van der Waals surface area contributed by atoms with E-state index >= 15 is 0 Å². The maximum Gasteiger partial charge on any atom is 0.337 e. The monoisotopic (exact) mass is 295 g/mol. The second-order valence-electron chi connectivity index (χ2n) is 3.91. The minimum Gasteiger partial charge on any atom is -0.478 e. The molecule has 2 aromatic rings. The summed E-state index contributed by atoms with van der Waals surface area (Å²) in [6, 6.07) is 10.0. The highest BCUT2D eigenvalue weighted by atomic mass is 32.2. The number of rotatable bonds is 4. The smallest absolute Gasteiger partial charge is 0.337 e. The van der Waals surface area contributed by atoms with Crippen LogP contribution in [0.2, 0.25) is 0 Å². The molecule has 2 N–H and O–H groups in total. The number of sulfonamides is 1. The van der Waals surface area contributed by atoms with E-state index in [4.69, 9.17) is 5.11 Å². The first-order chi connectivity index (χ1) is 9.40. The van der Waals surface area contributed by atoms with Gasteiger partial charge in [0.2, 0.25) is 0 Å². The van der Waals surface area contributed by atoms with Crippen LogP contribution in [0.5, 0.6) is 0 Å². The van der Waals surface area contributed by atoms with Crippen LogP contribution in [0.3, 0.4) is 0 Å². The quantitative estimate of drug-likeness (QED) is 0.906. The summed E-state index contributed by atoms with van der Waals surface area (Å²) in [5.41, 5.74) is -0.267. The standard InChI is InChI=1S/C13H10FNO4S/c14-9-4-3-5-10(8-9)20(18,19)15-12-7-2-1-6-11(12)13(16)17/h1-8,15H,(H,16,17). The number of para-hydroxylation sites is 1. The molecule has 0 aliphatic rings. The first-order valence-electron chi connectivity index (χ1n) is 5.51. The first-order valence-corrected chi connectivity index (χ1v) is 6.99. The Morgan fingerprint density at radius 1 is 1.10 bits per heavy atom. The molecule has 2 aromatic carbocycles. The Morgan fingerprint density at radius 2 is 1.80 bits per heavy atom. The van der Waals surface area contributed by atoms with Crippen LogP contribution in [0.15, 0.2) is 53.4 Å². The maximum absolute atomic E-state index is 13.1. The average Bonchev–Trinajstić information content (AvgIpc) is 2.38. The van der Waals surface area contributed by atoms with Crippen molar-refractivity contribution in [1.29, 1.82) is 0 Å². The molecule has 0 fully saturated rings. The van der Waals surface area contributed by atoms with Crippen molar-refractivity contribution in [3.63, 3.8) is 0 Å². The summed E-state index contributed by atoms with van der Waals surface area (Å²) in [6.45, 7) is 0. The van der Waals surface area contributed by atoms with Crippen molar-refractivity contribution in [3.05, 3.63) is 59.9 Å². The Morgan fingerprint density at radius 3 is 2.45 bits per heavy atom. The minimum atomic E-state index is -4.05. The van der Waals surface area contributed by atoms with E-state index in [-0.39, 0.29) is 16.1 Å². The first kappa shape index (κ1) is 14.0. The molecule has 20 heavy (non-hydrogen) atoms. The van der Waals surface area contributed by atoms with Crippen LogP contribution in [0.25, 0.3) is 0 Å². The fourth-order valence-corrected chi connectivity index (χ4v) is 2.71. The topological polar surface area (TPSA) is 83.5 Å². The molecule has 2 rings (SSSR count). The van der Waals surface area contributed by atoms with Gasteiger partial charge in [0.25, 0.3) is 10.0 Å². The van der Waals surface area contributed by atoms with Crippen LogP contribution in [0.4, 0.5) is 10.1 Å². The van der Waals surface area contributed by atoms with Gasteiger partial charge < -0.3 is 5.11 Å². The SMILES string of the molecule is O=C(O)c1ccccc1NS(=O)(=O)c1cccc(F)c1. The molecule has 0 saturated carbocycles. The molecule has 5 nitrogen and oxygen atoms in total. The van der Waals surface area contributed by atoms with Gasteiger partial charge in [0.1, 0.15) is 5.82 Å². The van der Waals surface area contributed by atoms with Crippen LogP contribution in [0, 0.1) is 5.82 Å². The van der Waals surface area contributed by atoms with Gasteiger partial charge in [0, 0.05) is 0 Å². The number of halogens is 1. The van der Waals surface area contributed by atoms with E-state index in [1.807, 2.05) is 0 Å². The van der Waals surface area contributed by atoms with Gasteiger partial charge in [-0.3, -0.25) is 4.72 Å². The molecule has 0 amide bonds. The third-order valence-corrected chi connectivity index (χ3v) is 3.87. The molecule has 0 heterocycles. The predicted molar refractivity (Wildman–Crippen MR) is 70.6 cm³/mol. The summed E-state index contributed by atoms with van der Waals surface area (Å²) >= 11 is 0. The summed E-state index contributed by atoms with van der Waals surface area (Å²) < 4.78 is 39.3. The number of anilines is 1. The van der Waals surface area contributed by atoms with Crippen LogP contribution < -0.4 is 4.72 Å². The zero-order chi connectivity index (χ0) is 14.8. The second kappa shape index (κ2) is 5.30. The van der Waals surface area contributed by atoms with E-state index in [2.05, 4.69) is 4.72 Å². The number of aromatic carboxylic acids is 1. The number of hydrogen-bond acceptors (Lipinski definition) is 3. The lowest BCUT2D eigenvalue weighted by molar-refractivity contribution is 0.0698. The second-order valence-corrected chi connectivity index (χ2v) is 5.60. The summed E-state index contributed by atoms with van der Waals surface area (Å²) in [5.74, 6) is -1.96. The molecule has 0 aromatic heterocycles. The highest BCUT2D eigenvalue weighted by Crippen LogP contribution is 2.20. The van der Waals surface area contributed by atoms with E-state index in [0.717, 1.165) is 12.1 Å². The van der Waals surface area contributed by atoms with Gasteiger partial charge >= 0.3 is 5.97 Å². The van der Waals surface area contributed by atoms with Gasteiger partial charge in [0.15, 0.2) is 0 Å². The lowest BCUT2D eigenvalue weighted by atomic mass is 10.2. The maximum atomic E-state index is 13.1. The van der Waals surface area contributed by atoms with E-state index < -0.39 is 21.8 Å². The normalized spacial score (nSPS) is 11.1. The van der Waals surface area contributed by atoms with Gasteiger partial charge in [-0.15, -0.1) is 0 Å². The van der Waals surface area contributed by atoms with E-state index in [0.29, 0.717) is 0 Å². The largest absolute Gasteiger partial charge is 0.478 e. The highest BCUT2D eigenvalue weighted by Gasteiger charge is 2.18. The summed E-state index contributed by atoms with van der Waals surface area (Å²) in [4.78, 5) is 10.7. The molecular formula is C13H10FNO4S. The molecule has 0 bridgehead atoms. The highest BCUT2D eigenvalue weighted by molar-refractivity contribution is 7.92. The molecule has 0 aliphatic heterocycles. The molecule has 104 valence electrons. The van der Waals surface area contributed by atoms with Gasteiger partial charge in [-0.25, -0.2) is 17.6 Å². The van der Waals surface area contributed by atoms with Crippen molar-refractivity contribution in [2.24, 2.45) is 0 Å². The summed E-state index contributed by atoms with van der Waals surface area (Å²) in [6.07, 6.45) is 0. The molecule has 0 aliphatic carbocycles. The zero-order valence-corrected chi connectivity index (χ0v) is 10.9. The average molecular weight is 295 g/mol. The molecule has 0 saturated heterocycles. The summed E-state index contributed by atoms with van der Waals surface area (Å²) in [5, 5.41) is 8.98. The molecule has 0 atom stereocenters. The van der Waals surface area contributed by atoms with Crippen molar-refractivity contribution in [2.45, 2.75) is 4.90 Å². The Balaban J connectivity index is 2.41. The lowest BCUT2D eigenvalue weighted by Gasteiger charge is -2.10. The predicted octanol–water partition coefficient (Wildman–Crippen LogP) is 2.32. The Hall–Kier alpha value is -2.41. The van der Waals surface area contributed by atoms with E-state index in [1.165, 1.54) is 36.4 Å². The number of carboxylic acids is 1. The number of benzene rings is 2. The van der Waals surface area contributed by atoms with Crippen molar-refractivity contribution in [3.8, 4) is 0 Å². The zero-order valence-electron chi connectivity index (χ0n) is 10.1. The van der Waals surface area contributed by atoms with Crippen molar-refractivity contribution < 1.29 is 22.7 Å². The fraction of sp³-hybridized carbons (Fsp3) is 0. The van der Waals surface area contributed by atoms with Crippen LogP contribution in [-0.4, -0.2) is 19.5 Å². The third-order valence-electron chi connectivity index (χ3n) is 2.51. The Labute approximate surface area is 114 Å². The molecular weight excluding hydrogens is 285 g/mol. The van der Waals surface area contributed by atoms with Gasteiger partial charge in [-0.1, -0.05) is 18.2 Å².